The number of piperazine rings is 1. The van der Waals surface area contributed by atoms with Crippen LogP contribution in [0.4, 0.5) is 4.39 Å². The van der Waals surface area contributed by atoms with Crippen molar-refractivity contribution in [3.05, 3.63) is 77.2 Å². The van der Waals surface area contributed by atoms with Crippen molar-refractivity contribution in [2.45, 2.75) is 20.0 Å². The molecule has 0 N–H and O–H groups in total. The lowest BCUT2D eigenvalue weighted by atomic mass is 10.1. The molecule has 166 valence electrons. The Labute approximate surface area is 184 Å². The second-order valence-electron chi connectivity index (χ2n) is 7.52. The Hall–Kier alpha value is -3.75. The lowest BCUT2D eigenvalue weighted by Crippen LogP contribution is -2.51. The predicted molar refractivity (Wildman–Crippen MR) is 112 cm³/mol. The Bertz CT molecular complexity index is 1070. The molecule has 3 aromatic rings. The number of aromatic nitrogens is 2. The number of ether oxygens (including phenoxy) is 1. The monoisotopic (exact) mass is 438 g/mol. The molecule has 2 amide bonds. The smallest absolute Gasteiger partial charge is 0.253 e. The average molecular weight is 438 g/mol. The maximum Gasteiger partial charge on any atom is 0.253 e. The number of nitrogens with zero attached hydrogens (tertiary/aromatic N) is 4. The molecule has 1 saturated heterocycles. The van der Waals surface area contributed by atoms with Gasteiger partial charge in [0.2, 0.25) is 17.6 Å². The van der Waals surface area contributed by atoms with Gasteiger partial charge in [-0.05, 0) is 42.0 Å². The van der Waals surface area contributed by atoms with E-state index in [9.17, 15) is 14.0 Å². The molecule has 0 aliphatic carbocycles. The molecule has 9 heteroatoms. The van der Waals surface area contributed by atoms with Crippen molar-refractivity contribution >= 4 is 11.8 Å². The molecular weight excluding hydrogens is 415 g/mol. The fourth-order valence-electron chi connectivity index (χ4n) is 3.47. The van der Waals surface area contributed by atoms with Crippen molar-refractivity contribution in [3.8, 4) is 5.75 Å². The summed E-state index contributed by atoms with van der Waals surface area (Å²) in [5, 5.41) is 3.77. The number of halogens is 1. The van der Waals surface area contributed by atoms with Crippen LogP contribution in [0.1, 0.15) is 27.6 Å². The molecule has 1 aliphatic heterocycles. The van der Waals surface area contributed by atoms with Crippen LogP contribution in [0, 0.1) is 12.7 Å². The first-order valence-corrected chi connectivity index (χ1v) is 10.3. The quantitative estimate of drug-likeness (QED) is 0.588. The van der Waals surface area contributed by atoms with Crippen LogP contribution in [-0.2, 0) is 17.8 Å². The molecule has 2 heterocycles. The molecule has 0 saturated carbocycles. The van der Waals surface area contributed by atoms with Crippen LogP contribution in [0.25, 0.3) is 0 Å². The number of amides is 2. The molecule has 0 atom stereocenters. The van der Waals surface area contributed by atoms with Crippen molar-refractivity contribution in [2.75, 3.05) is 26.2 Å². The van der Waals surface area contributed by atoms with E-state index in [4.69, 9.17) is 9.26 Å². The van der Waals surface area contributed by atoms with Gasteiger partial charge in [0, 0.05) is 38.7 Å². The zero-order chi connectivity index (χ0) is 22.5. The number of benzene rings is 2. The van der Waals surface area contributed by atoms with E-state index >= 15 is 0 Å². The summed E-state index contributed by atoms with van der Waals surface area (Å²) in [6.07, 6.45) is 0.221. The van der Waals surface area contributed by atoms with Crippen molar-refractivity contribution in [2.24, 2.45) is 0 Å². The van der Waals surface area contributed by atoms with E-state index in [0.29, 0.717) is 49.2 Å². The number of rotatable bonds is 6. The van der Waals surface area contributed by atoms with Crippen molar-refractivity contribution < 1.29 is 23.2 Å². The third-order valence-corrected chi connectivity index (χ3v) is 5.23. The third kappa shape index (κ3) is 5.29. The van der Waals surface area contributed by atoms with E-state index in [1.54, 1.807) is 53.1 Å². The first-order chi connectivity index (χ1) is 15.5. The van der Waals surface area contributed by atoms with Gasteiger partial charge >= 0.3 is 0 Å². The van der Waals surface area contributed by atoms with E-state index in [1.165, 1.54) is 12.1 Å². The summed E-state index contributed by atoms with van der Waals surface area (Å²) in [5.74, 6) is 1.09. The van der Waals surface area contributed by atoms with Gasteiger partial charge in [0.1, 0.15) is 11.6 Å². The third-order valence-electron chi connectivity index (χ3n) is 5.23. The average Bonchev–Trinajstić information content (AvgIpc) is 3.24. The van der Waals surface area contributed by atoms with Crippen molar-refractivity contribution in [1.82, 2.24) is 19.9 Å². The molecule has 0 spiro atoms. The molecule has 1 fully saturated rings. The predicted octanol–water partition coefficient (Wildman–Crippen LogP) is 2.62. The van der Waals surface area contributed by atoms with Gasteiger partial charge in [-0.25, -0.2) is 4.39 Å². The van der Waals surface area contributed by atoms with Crippen molar-refractivity contribution in [3.63, 3.8) is 0 Å². The molecule has 1 aliphatic rings. The highest BCUT2D eigenvalue weighted by atomic mass is 19.1. The van der Waals surface area contributed by atoms with Gasteiger partial charge in [-0.3, -0.25) is 9.59 Å². The van der Waals surface area contributed by atoms with E-state index in [0.717, 1.165) is 5.56 Å². The Morgan fingerprint density at radius 2 is 1.66 bits per heavy atom. The Balaban J connectivity index is 1.26. The highest BCUT2D eigenvalue weighted by molar-refractivity contribution is 5.94. The Morgan fingerprint density at radius 1 is 1.00 bits per heavy atom. The fourth-order valence-corrected chi connectivity index (χ4v) is 3.47. The van der Waals surface area contributed by atoms with Crippen LogP contribution in [0.2, 0.25) is 0 Å². The molecule has 8 nitrogen and oxygen atoms in total. The van der Waals surface area contributed by atoms with Crippen LogP contribution < -0.4 is 4.74 Å². The second-order valence-corrected chi connectivity index (χ2v) is 7.52. The molecule has 32 heavy (non-hydrogen) atoms. The topological polar surface area (TPSA) is 88.8 Å². The molecule has 0 bridgehead atoms. The van der Waals surface area contributed by atoms with E-state index in [1.807, 2.05) is 0 Å². The van der Waals surface area contributed by atoms with Gasteiger partial charge in [0.05, 0.1) is 6.42 Å². The van der Waals surface area contributed by atoms with Crippen LogP contribution in [-0.4, -0.2) is 57.9 Å². The van der Waals surface area contributed by atoms with Gasteiger partial charge in [-0.1, -0.05) is 17.3 Å². The number of hydrogen-bond donors (Lipinski definition) is 0. The van der Waals surface area contributed by atoms with E-state index in [-0.39, 0.29) is 30.7 Å². The maximum atomic E-state index is 13.0. The van der Waals surface area contributed by atoms with E-state index in [2.05, 4.69) is 10.1 Å². The highest BCUT2D eigenvalue weighted by Gasteiger charge is 2.25. The van der Waals surface area contributed by atoms with Crippen LogP contribution in [0.5, 0.6) is 5.75 Å². The molecule has 1 aromatic heterocycles. The Kier molecular flexibility index (Phi) is 6.44. The summed E-state index contributed by atoms with van der Waals surface area (Å²) in [4.78, 5) is 32.9. The molecule has 2 aromatic carbocycles. The lowest BCUT2D eigenvalue weighted by molar-refractivity contribution is -0.131. The summed E-state index contributed by atoms with van der Waals surface area (Å²) in [7, 11) is 0. The second kappa shape index (κ2) is 9.59. The van der Waals surface area contributed by atoms with Crippen LogP contribution in [0.3, 0.4) is 0 Å². The fraction of sp³-hybridized carbons (Fsp3) is 0.304. The van der Waals surface area contributed by atoms with Gasteiger partial charge in [-0.15, -0.1) is 0 Å². The van der Waals surface area contributed by atoms with Gasteiger partial charge < -0.3 is 19.1 Å². The number of carbonyl (C=O) groups excluding carboxylic acids is 2. The minimum absolute atomic E-state index is 0.0259. The van der Waals surface area contributed by atoms with Gasteiger partial charge in [-0.2, -0.15) is 4.98 Å². The standard InChI is InChI=1S/C23H23FN4O4/c1-16-25-21(26-32-16)15-31-20-8-4-18(5-9-20)23(30)28-12-10-27(11-13-28)22(29)14-17-2-6-19(24)7-3-17/h2-9H,10-15H2,1H3. The zero-order valence-corrected chi connectivity index (χ0v) is 17.7. The maximum absolute atomic E-state index is 13.0. The first kappa shape index (κ1) is 21.5. The van der Waals surface area contributed by atoms with Gasteiger partial charge in [0.25, 0.3) is 5.91 Å². The van der Waals surface area contributed by atoms with Crippen molar-refractivity contribution in [1.29, 1.82) is 0 Å². The highest BCUT2D eigenvalue weighted by Crippen LogP contribution is 2.16. The van der Waals surface area contributed by atoms with E-state index < -0.39 is 0 Å². The zero-order valence-electron chi connectivity index (χ0n) is 17.7. The number of carbonyl (C=O) groups is 2. The largest absolute Gasteiger partial charge is 0.485 e. The van der Waals surface area contributed by atoms with Crippen LogP contribution >= 0.6 is 0 Å². The lowest BCUT2D eigenvalue weighted by Gasteiger charge is -2.35. The summed E-state index contributed by atoms with van der Waals surface area (Å²) in [6.45, 7) is 3.75. The first-order valence-electron chi connectivity index (χ1n) is 10.3. The summed E-state index contributed by atoms with van der Waals surface area (Å²) in [5.41, 5.74) is 1.32. The number of aryl methyl sites for hydroxylation is 1. The SMILES string of the molecule is Cc1nc(COc2ccc(C(=O)N3CCN(C(=O)Cc4ccc(F)cc4)CC3)cc2)no1. The minimum atomic E-state index is -0.324. The Morgan fingerprint density at radius 3 is 2.28 bits per heavy atom. The summed E-state index contributed by atoms with van der Waals surface area (Å²) in [6, 6.07) is 12.8. The molecule has 4 rings (SSSR count). The summed E-state index contributed by atoms with van der Waals surface area (Å²) < 4.78 is 23.5. The molecular formula is C23H23FN4O4. The normalized spacial score (nSPS) is 13.8. The summed E-state index contributed by atoms with van der Waals surface area (Å²) >= 11 is 0. The molecule has 0 unspecified atom stereocenters. The molecule has 0 radical (unpaired) electrons. The number of hydrogen-bond acceptors (Lipinski definition) is 6. The minimum Gasteiger partial charge on any atom is -0.485 e. The van der Waals surface area contributed by atoms with Gasteiger partial charge in [0.15, 0.2) is 6.61 Å². The van der Waals surface area contributed by atoms with Crippen LogP contribution in [0.15, 0.2) is 53.1 Å².